The second-order valence-electron chi connectivity index (χ2n) is 6.68. The van der Waals surface area contributed by atoms with Gasteiger partial charge in [0.1, 0.15) is 5.75 Å². The molecule has 1 saturated carbocycles. The van der Waals surface area contributed by atoms with Crippen LogP contribution in [0.3, 0.4) is 0 Å². The number of thiocarbonyl (C=S) groups is 1. The molecule has 2 aromatic rings. The van der Waals surface area contributed by atoms with Crippen LogP contribution in [0, 0.1) is 5.92 Å². The summed E-state index contributed by atoms with van der Waals surface area (Å²) in [5.74, 6) is 1.53. The topological polar surface area (TPSA) is 24.5 Å². The number of thiophene rings is 1. The fraction of sp³-hybridized carbons (Fsp3) is 0.450. The largest absolute Gasteiger partial charge is 0.497 e. The summed E-state index contributed by atoms with van der Waals surface area (Å²) in [6, 6.07) is 12.9. The molecular formula is C20H26N2OS2. The molecule has 2 atom stereocenters. The number of rotatable bonds is 5. The number of anilines is 1. The Balaban J connectivity index is 1.77. The molecule has 1 N–H and O–H groups in total. The number of nitrogens with one attached hydrogen (secondary N) is 1. The van der Waals surface area contributed by atoms with Crippen molar-refractivity contribution < 1.29 is 4.74 Å². The van der Waals surface area contributed by atoms with Gasteiger partial charge < -0.3 is 15.0 Å². The van der Waals surface area contributed by atoms with Gasteiger partial charge in [-0.25, -0.2) is 0 Å². The van der Waals surface area contributed by atoms with Gasteiger partial charge in [0.2, 0.25) is 0 Å². The fourth-order valence-corrected chi connectivity index (χ4v) is 4.38. The average molecular weight is 375 g/mol. The lowest BCUT2D eigenvalue weighted by atomic mass is 9.86. The van der Waals surface area contributed by atoms with Crippen LogP contribution >= 0.6 is 23.6 Å². The summed E-state index contributed by atoms with van der Waals surface area (Å²) in [6.45, 7) is 3.12. The summed E-state index contributed by atoms with van der Waals surface area (Å²) in [7, 11) is 1.69. The van der Waals surface area contributed by atoms with Gasteiger partial charge in [0.15, 0.2) is 5.11 Å². The van der Waals surface area contributed by atoms with E-state index in [0.717, 1.165) is 23.1 Å². The van der Waals surface area contributed by atoms with Gasteiger partial charge in [0.05, 0.1) is 13.7 Å². The van der Waals surface area contributed by atoms with Gasteiger partial charge >= 0.3 is 0 Å². The minimum absolute atomic E-state index is 0.477. The van der Waals surface area contributed by atoms with E-state index in [9.17, 15) is 0 Å². The highest BCUT2D eigenvalue weighted by Gasteiger charge is 2.24. The third-order valence-electron chi connectivity index (χ3n) is 4.94. The van der Waals surface area contributed by atoms with E-state index in [1.165, 1.54) is 30.6 Å². The van der Waals surface area contributed by atoms with Crippen LogP contribution in [0.5, 0.6) is 5.75 Å². The Labute approximate surface area is 160 Å². The van der Waals surface area contributed by atoms with Gasteiger partial charge in [-0.05, 0) is 66.7 Å². The molecule has 1 aromatic carbocycles. The van der Waals surface area contributed by atoms with Crippen LogP contribution in [0.4, 0.5) is 5.69 Å². The van der Waals surface area contributed by atoms with Gasteiger partial charge in [-0.2, -0.15) is 0 Å². The lowest BCUT2D eigenvalue weighted by molar-refractivity contribution is 0.309. The Morgan fingerprint density at radius 1 is 1.24 bits per heavy atom. The zero-order valence-corrected chi connectivity index (χ0v) is 16.5. The number of nitrogens with zero attached hydrogens (tertiary/aromatic N) is 1. The maximum absolute atomic E-state index is 5.81. The molecule has 25 heavy (non-hydrogen) atoms. The van der Waals surface area contributed by atoms with E-state index >= 15 is 0 Å². The van der Waals surface area contributed by atoms with E-state index in [0.29, 0.717) is 12.0 Å². The van der Waals surface area contributed by atoms with E-state index in [2.05, 4.69) is 46.8 Å². The van der Waals surface area contributed by atoms with Gasteiger partial charge in [-0.15, -0.1) is 11.3 Å². The zero-order chi connectivity index (χ0) is 17.6. The van der Waals surface area contributed by atoms with Crippen molar-refractivity contribution in [2.24, 2.45) is 5.92 Å². The predicted octanol–water partition coefficient (Wildman–Crippen LogP) is 5.22. The average Bonchev–Trinajstić information content (AvgIpc) is 3.15. The molecule has 1 aliphatic rings. The van der Waals surface area contributed by atoms with Crippen molar-refractivity contribution >= 4 is 34.4 Å². The second-order valence-corrected chi connectivity index (χ2v) is 8.10. The normalized spacial score (nSPS) is 20.1. The summed E-state index contributed by atoms with van der Waals surface area (Å²) < 4.78 is 5.29. The highest BCUT2D eigenvalue weighted by atomic mass is 32.1. The van der Waals surface area contributed by atoms with Crippen LogP contribution in [-0.4, -0.2) is 18.3 Å². The molecule has 134 valence electrons. The molecule has 1 aliphatic carbocycles. The molecule has 5 heteroatoms. The maximum atomic E-state index is 5.81. The molecule has 0 saturated heterocycles. The molecule has 0 spiro atoms. The van der Waals surface area contributed by atoms with Crippen molar-refractivity contribution in [2.45, 2.75) is 45.2 Å². The summed E-state index contributed by atoms with van der Waals surface area (Å²) in [4.78, 5) is 3.50. The Hall–Kier alpha value is -1.59. The van der Waals surface area contributed by atoms with E-state index in [1.807, 2.05) is 12.1 Å². The van der Waals surface area contributed by atoms with Crippen molar-refractivity contribution in [1.82, 2.24) is 5.32 Å². The second kappa shape index (κ2) is 8.68. The van der Waals surface area contributed by atoms with Crippen LogP contribution in [-0.2, 0) is 6.54 Å². The summed E-state index contributed by atoms with van der Waals surface area (Å²) in [5, 5.41) is 6.57. The molecule has 1 fully saturated rings. The van der Waals surface area contributed by atoms with Crippen LogP contribution in [0.15, 0.2) is 41.8 Å². The van der Waals surface area contributed by atoms with Crippen LogP contribution in [0.25, 0.3) is 0 Å². The van der Waals surface area contributed by atoms with Crippen LogP contribution in [0.2, 0.25) is 0 Å². The van der Waals surface area contributed by atoms with Crippen molar-refractivity contribution in [3.63, 3.8) is 0 Å². The summed E-state index contributed by atoms with van der Waals surface area (Å²) in [6.07, 6.45) is 5.12. The molecule has 3 nitrogen and oxygen atoms in total. The molecule has 0 aliphatic heterocycles. The van der Waals surface area contributed by atoms with Crippen LogP contribution in [0.1, 0.15) is 37.5 Å². The first-order valence-corrected chi connectivity index (χ1v) is 10.2. The first-order valence-electron chi connectivity index (χ1n) is 8.92. The van der Waals surface area contributed by atoms with Gasteiger partial charge in [-0.1, -0.05) is 25.8 Å². The standard InChI is InChI=1S/C20H26N2OS2/c1-15-6-3-4-8-19(15)21-20(24)22(14-18-7-5-13-25-18)16-9-11-17(23-2)12-10-16/h5,7,9-13,15,19H,3-4,6,8,14H2,1-2H3,(H,21,24)/t15-,19+/m0/s1. The molecule has 1 aromatic heterocycles. The molecule has 0 unspecified atom stereocenters. The smallest absolute Gasteiger partial charge is 0.174 e. The number of methoxy groups -OCH3 is 1. The molecule has 1 heterocycles. The lowest BCUT2D eigenvalue weighted by Gasteiger charge is -2.34. The third-order valence-corrected chi connectivity index (χ3v) is 6.14. The Morgan fingerprint density at radius 2 is 2.00 bits per heavy atom. The Kier molecular flexibility index (Phi) is 6.32. The van der Waals surface area contributed by atoms with E-state index < -0.39 is 0 Å². The van der Waals surface area contributed by atoms with Gasteiger partial charge in [-0.3, -0.25) is 0 Å². The first kappa shape index (κ1) is 18.2. The molecule has 0 radical (unpaired) electrons. The number of benzene rings is 1. The third kappa shape index (κ3) is 4.73. The number of ether oxygens (including phenoxy) is 1. The summed E-state index contributed by atoms with van der Waals surface area (Å²) in [5.41, 5.74) is 1.09. The molecule has 0 amide bonds. The van der Waals surface area contributed by atoms with Gasteiger partial charge in [0.25, 0.3) is 0 Å². The quantitative estimate of drug-likeness (QED) is 0.726. The van der Waals surface area contributed by atoms with Crippen molar-refractivity contribution in [3.05, 3.63) is 46.7 Å². The SMILES string of the molecule is COc1ccc(N(Cc2cccs2)C(=S)N[C@@H]2CCCC[C@@H]2C)cc1. The predicted molar refractivity (Wildman–Crippen MR) is 111 cm³/mol. The molecular weight excluding hydrogens is 348 g/mol. The molecule has 0 bridgehead atoms. The monoisotopic (exact) mass is 374 g/mol. The van der Waals surface area contributed by atoms with E-state index in [1.54, 1.807) is 18.4 Å². The number of hydrogen-bond acceptors (Lipinski definition) is 3. The first-order chi connectivity index (χ1) is 12.2. The van der Waals surface area contributed by atoms with Gasteiger partial charge in [0, 0.05) is 16.6 Å². The summed E-state index contributed by atoms with van der Waals surface area (Å²) >= 11 is 7.58. The van der Waals surface area contributed by atoms with Crippen LogP contribution < -0.4 is 15.0 Å². The molecule has 3 rings (SSSR count). The van der Waals surface area contributed by atoms with E-state index in [4.69, 9.17) is 17.0 Å². The Morgan fingerprint density at radius 3 is 2.64 bits per heavy atom. The maximum Gasteiger partial charge on any atom is 0.174 e. The van der Waals surface area contributed by atoms with Crippen molar-refractivity contribution in [3.8, 4) is 5.75 Å². The lowest BCUT2D eigenvalue weighted by Crippen LogP contribution is -2.47. The van der Waals surface area contributed by atoms with Crippen molar-refractivity contribution in [2.75, 3.05) is 12.0 Å². The van der Waals surface area contributed by atoms with Crippen molar-refractivity contribution in [1.29, 1.82) is 0 Å². The minimum Gasteiger partial charge on any atom is -0.497 e. The minimum atomic E-state index is 0.477. The number of hydrogen-bond donors (Lipinski definition) is 1. The zero-order valence-electron chi connectivity index (χ0n) is 14.9. The highest BCUT2D eigenvalue weighted by molar-refractivity contribution is 7.80. The Bertz CT molecular complexity index is 670. The highest BCUT2D eigenvalue weighted by Crippen LogP contribution is 2.26. The fourth-order valence-electron chi connectivity index (χ4n) is 3.37. The van der Waals surface area contributed by atoms with E-state index in [-0.39, 0.29) is 0 Å².